The molecule has 0 radical (unpaired) electrons. The van der Waals surface area contributed by atoms with Gasteiger partial charge >= 0.3 is 5.97 Å². The van der Waals surface area contributed by atoms with Gasteiger partial charge in [0.25, 0.3) is 0 Å². The number of aromatic carboxylic acids is 1. The van der Waals surface area contributed by atoms with Crippen molar-refractivity contribution in [3.05, 3.63) is 64.7 Å². The van der Waals surface area contributed by atoms with E-state index in [0.717, 1.165) is 18.4 Å². The van der Waals surface area contributed by atoms with Crippen LogP contribution in [0.3, 0.4) is 0 Å². The van der Waals surface area contributed by atoms with E-state index in [0.29, 0.717) is 35.4 Å². The molecule has 1 aromatic heterocycles. The maximum atomic E-state index is 11.9. The van der Waals surface area contributed by atoms with Crippen molar-refractivity contribution in [2.45, 2.75) is 18.8 Å². The summed E-state index contributed by atoms with van der Waals surface area (Å²) in [6.45, 7) is 1.32. The number of piperidine rings is 1. The number of carbonyl (C=O) groups is 1. The molecule has 4 rings (SSSR count). The van der Waals surface area contributed by atoms with E-state index in [-0.39, 0.29) is 17.1 Å². The number of hydrogen-bond acceptors (Lipinski definition) is 5. The van der Waals surface area contributed by atoms with E-state index >= 15 is 0 Å². The Morgan fingerprint density at radius 3 is 2.50 bits per heavy atom. The average molecular weight is 399 g/mol. The number of halogens is 1. The van der Waals surface area contributed by atoms with Gasteiger partial charge < -0.3 is 19.6 Å². The Labute approximate surface area is 167 Å². The van der Waals surface area contributed by atoms with E-state index < -0.39 is 5.97 Å². The quantitative estimate of drug-likeness (QED) is 0.657. The number of anilines is 1. The second kappa shape index (κ2) is 7.56. The van der Waals surface area contributed by atoms with E-state index in [4.69, 9.17) is 16.1 Å². The standard InChI is InChI=1S/C21H19ClN2O4/c22-16-6-4-14(5-7-16)19-18(21(26)27)20(23-28-19)24-10-8-13(9-11-24)15-2-1-3-17(25)12-15/h1-7,12-13,25H,8-11H2,(H,26,27). The fraction of sp³-hybridized carbons (Fsp3) is 0.238. The van der Waals surface area contributed by atoms with Gasteiger partial charge in [0.1, 0.15) is 5.75 Å². The number of phenols is 1. The van der Waals surface area contributed by atoms with E-state index in [1.54, 1.807) is 36.4 Å². The SMILES string of the molecule is O=C(O)c1c(N2CCC(c3cccc(O)c3)CC2)noc1-c1ccc(Cl)cc1. The summed E-state index contributed by atoms with van der Waals surface area (Å²) in [5, 5.41) is 24.1. The first kappa shape index (κ1) is 18.4. The van der Waals surface area contributed by atoms with Crippen molar-refractivity contribution in [1.29, 1.82) is 0 Å². The molecule has 0 unspecified atom stereocenters. The molecule has 0 amide bonds. The molecule has 6 nitrogen and oxygen atoms in total. The van der Waals surface area contributed by atoms with Crippen LogP contribution in [0.15, 0.2) is 53.1 Å². The molecular formula is C21H19ClN2O4. The summed E-state index contributed by atoms with van der Waals surface area (Å²) >= 11 is 5.92. The van der Waals surface area contributed by atoms with Gasteiger partial charge in [0, 0.05) is 23.7 Å². The number of benzene rings is 2. The number of hydrogen-bond donors (Lipinski definition) is 2. The van der Waals surface area contributed by atoms with E-state index in [9.17, 15) is 15.0 Å². The third kappa shape index (κ3) is 3.55. The molecule has 1 saturated heterocycles. The van der Waals surface area contributed by atoms with Crippen LogP contribution in [-0.4, -0.2) is 34.4 Å². The third-order valence-corrected chi connectivity index (χ3v) is 5.38. The Kier molecular flexibility index (Phi) is 4.96. The highest BCUT2D eigenvalue weighted by molar-refractivity contribution is 6.30. The number of aromatic hydroxyl groups is 1. The summed E-state index contributed by atoms with van der Waals surface area (Å²) in [5.74, 6) is 0.0915. The summed E-state index contributed by atoms with van der Waals surface area (Å²) < 4.78 is 5.41. The molecule has 2 N–H and O–H groups in total. The lowest BCUT2D eigenvalue weighted by atomic mass is 9.89. The molecule has 28 heavy (non-hydrogen) atoms. The van der Waals surface area contributed by atoms with Gasteiger partial charge in [-0.25, -0.2) is 4.79 Å². The second-order valence-electron chi connectivity index (χ2n) is 6.88. The first-order valence-corrected chi connectivity index (χ1v) is 9.43. The van der Waals surface area contributed by atoms with Crippen LogP contribution in [0.2, 0.25) is 5.02 Å². The Morgan fingerprint density at radius 1 is 1.14 bits per heavy atom. The highest BCUT2D eigenvalue weighted by Crippen LogP contribution is 2.36. The Bertz CT molecular complexity index is 992. The number of nitrogens with zero attached hydrogens (tertiary/aromatic N) is 2. The molecule has 3 aromatic rings. The summed E-state index contributed by atoms with van der Waals surface area (Å²) in [6, 6.07) is 14.1. The number of carboxylic acids is 1. The zero-order chi connectivity index (χ0) is 19.7. The van der Waals surface area contributed by atoms with E-state index in [1.807, 2.05) is 17.0 Å². The van der Waals surface area contributed by atoms with Gasteiger partial charge in [0.05, 0.1) is 0 Å². The average Bonchev–Trinajstić information content (AvgIpc) is 3.14. The maximum Gasteiger partial charge on any atom is 0.343 e. The number of aromatic nitrogens is 1. The Morgan fingerprint density at radius 2 is 1.86 bits per heavy atom. The van der Waals surface area contributed by atoms with Crippen molar-refractivity contribution in [2.24, 2.45) is 0 Å². The number of carboxylic acid groups (broad SMARTS) is 1. The van der Waals surface area contributed by atoms with Crippen LogP contribution in [0.25, 0.3) is 11.3 Å². The fourth-order valence-corrected chi connectivity index (χ4v) is 3.82. The van der Waals surface area contributed by atoms with Crippen molar-refractivity contribution in [3.8, 4) is 17.1 Å². The van der Waals surface area contributed by atoms with Gasteiger partial charge in [-0.2, -0.15) is 0 Å². The molecular weight excluding hydrogens is 380 g/mol. The molecule has 0 aliphatic carbocycles. The highest BCUT2D eigenvalue weighted by atomic mass is 35.5. The monoisotopic (exact) mass is 398 g/mol. The van der Waals surface area contributed by atoms with Gasteiger partial charge in [-0.15, -0.1) is 0 Å². The van der Waals surface area contributed by atoms with Gasteiger partial charge in [-0.3, -0.25) is 0 Å². The maximum absolute atomic E-state index is 11.9. The zero-order valence-electron chi connectivity index (χ0n) is 15.0. The lowest BCUT2D eigenvalue weighted by Crippen LogP contribution is -2.34. The van der Waals surface area contributed by atoms with Crippen LogP contribution in [-0.2, 0) is 0 Å². The van der Waals surface area contributed by atoms with Crippen LogP contribution in [0.1, 0.15) is 34.7 Å². The number of phenolic OH excluding ortho intramolecular Hbond substituents is 1. The van der Waals surface area contributed by atoms with E-state index in [1.165, 1.54) is 0 Å². The largest absolute Gasteiger partial charge is 0.508 e. The topological polar surface area (TPSA) is 86.8 Å². The van der Waals surface area contributed by atoms with Crippen molar-refractivity contribution < 1.29 is 19.5 Å². The minimum atomic E-state index is -1.07. The minimum absolute atomic E-state index is 0.0677. The lowest BCUT2D eigenvalue weighted by Gasteiger charge is -2.32. The molecule has 7 heteroatoms. The van der Waals surface area contributed by atoms with Crippen molar-refractivity contribution in [2.75, 3.05) is 18.0 Å². The zero-order valence-corrected chi connectivity index (χ0v) is 15.8. The molecule has 0 atom stereocenters. The molecule has 0 bridgehead atoms. The van der Waals surface area contributed by atoms with Crippen LogP contribution in [0.4, 0.5) is 5.82 Å². The van der Waals surface area contributed by atoms with Crippen molar-refractivity contribution in [1.82, 2.24) is 5.16 Å². The van der Waals surface area contributed by atoms with E-state index in [2.05, 4.69) is 5.16 Å². The van der Waals surface area contributed by atoms with Crippen molar-refractivity contribution >= 4 is 23.4 Å². The molecule has 2 heterocycles. The molecule has 0 saturated carbocycles. The van der Waals surface area contributed by atoms with Gasteiger partial charge in [-0.1, -0.05) is 28.9 Å². The first-order chi connectivity index (χ1) is 13.5. The predicted octanol–water partition coefficient (Wildman–Crippen LogP) is 4.78. The summed E-state index contributed by atoms with van der Waals surface area (Å²) in [7, 11) is 0. The predicted molar refractivity (Wildman–Crippen MR) is 106 cm³/mol. The van der Waals surface area contributed by atoms with Gasteiger partial charge in [-0.05, 0) is 60.7 Å². The molecule has 1 aliphatic heterocycles. The Hall–Kier alpha value is -2.99. The van der Waals surface area contributed by atoms with Crippen LogP contribution in [0, 0.1) is 0 Å². The summed E-state index contributed by atoms with van der Waals surface area (Å²) in [6.07, 6.45) is 1.68. The van der Waals surface area contributed by atoms with Gasteiger partial charge in [0.2, 0.25) is 0 Å². The Balaban J connectivity index is 1.57. The van der Waals surface area contributed by atoms with Crippen LogP contribution < -0.4 is 4.90 Å². The molecule has 1 aliphatic rings. The molecule has 144 valence electrons. The van der Waals surface area contributed by atoms with Gasteiger partial charge in [0.15, 0.2) is 17.1 Å². The molecule has 1 fully saturated rings. The molecule has 2 aromatic carbocycles. The lowest BCUT2D eigenvalue weighted by molar-refractivity contribution is 0.0697. The summed E-state index contributed by atoms with van der Waals surface area (Å²) in [4.78, 5) is 13.9. The number of rotatable bonds is 4. The smallest absolute Gasteiger partial charge is 0.343 e. The second-order valence-corrected chi connectivity index (χ2v) is 7.32. The van der Waals surface area contributed by atoms with Crippen LogP contribution in [0.5, 0.6) is 5.75 Å². The van der Waals surface area contributed by atoms with Crippen LogP contribution >= 0.6 is 11.6 Å². The summed E-state index contributed by atoms with van der Waals surface area (Å²) in [5.41, 5.74) is 1.79. The van der Waals surface area contributed by atoms with Crippen molar-refractivity contribution in [3.63, 3.8) is 0 Å². The fourth-order valence-electron chi connectivity index (χ4n) is 3.69. The first-order valence-electron chi connectivity index (χ1n) is 9.05. The normalized spacial score (nSPS) is 15.0. The highest BCUT2D eigenvalue weighted by Gasteiger charge is 2.30. The minimum Gasteiger partial charge on any atom is -0.508 e. The third-order valence-electron chi connectivity index (χ3n) is 5.13. The molecule has 0 spiro atoms.